The summed E-state index contributed by atoms with van der Waals surface area (Å²) in [6, 6.07) is 7.72. The Morgan fingerprint density at radius 1 is 1.16 bits per heavy atom. The molecule has 2 N–H and O–H groups in total. The molecular weight excluding hydrogens is 255 g/mol. The molecule has 0 saturated carbocycles. The Morgan fingerprint density at radius 3 is 2.42 bits per heavy atom. The molecule has 2 rings (SSSR count). The first-order chi connectivity index (χ1) is 8.93. The molecule has 1 atom stereocenters. The lowest BCUT2D eigenvalue weighted by Gasteiger charge is -2.16. The van der Waals surface area contributed by atoms with E-state index in [4.69, 9.17) is 10.2 Å². The molecule has 19 heavy (non-hydrogen) atoms. The van der Waals surface area contributed by atoms with Crippen LogP contribution >= 0.6 is 0 Å². The molecule has 0 amide bonds. The van der Waals surface area contributed by atoms with Crippen LogP contribution in [0.4, 0.5) is 13.2 Å². The number of alkyl halides is 3. The Kier molecular flexibility index (Phi) is 3.66. The fraction of sp³-hybridized carbons (Fsp3) is 0.286. The van der Waals surface area contributed by atoms with E-state index in [1.165, 1.54) is 18.2 Å². The third kappa shape index (κ3) is 2.81. The summed E-state index contributed by atoms with van der Waals surface area (Å²) in [7, 11) is 0. The van der Waals surface area contributed by atoms with E-state index in [0.717, 1.165) is 6.07 Å². The summed E-state index contributed by atoms with van der Waals surface area (Å²) in [5.74, 6) is 1.04. The average Bonchev–Trinajstić information content (AvgIpc) is 2.85. The summed E-state index contributed by atoms with van der Waals surface area (Å²) in [6.07, 6.45) is -3.75. The lowest BCUT2D eigenvalue weighted by atomic mass is 9.99. The molecule has 0 aliphatic rings. The molecule has 1 aromatic heterocycles. The minimum Gasteiger partial charge on any atom is -0.464 e. The predicted molar refractivity (Wildman–Crippen MR) is 65.6 cm³/mol. The molecule has 5 heteroatoms. The Balaban J connectivity index is 2.41. The third-order valence-electron chi connectivity index (χ3n) is 2.94. The van der Waals surface area contributed by atoms with Gasteiger partial charge < -0.3 is 10.2 Å². The number of aryl methyl sites for hydroxylation is 1. The molecule has 2 nitrogen and oxygen atoms in total. The number of nitrogens with two attached hydrogens (primary N) is 1. The van der Waals surface area contributed by atoms with Crippen LogP contribution in [-0.4, -0.2) is 0 Å². The van der Waals surface area contributed by atoms with Gasteiger partial charge in [0.2, 0.25) is 0 Å². The fourth-order valence-corrected chi connectivity index (χ4v) is 1.93. The van der Waals surface area contributed by atoms with E-state index in [1.54, 1.807) is 12.1 Å². The highest BCUT2D eigenvalue weighted by molar-refractivity contribution is 5.36. The zero-order valence-electron chi connectivity index (χ0n) is 10.4. The van der Waals surface area contributed by atoms with Crippen LogP contribution in [0.3, 0.4) is 0 Å². The summed E-state index contributed by atoms with van der Waals surface area (Å²) in [6.45, 7) is 1.90. The van der Waals surface area contributed by atoms with Crippen molar-refractivity contribution < 1.29 is 17.6 Å². The highest BCUT2D eigenvalue weighted by Crippen LogP contribution is 2.35. The smallest absolute Gasteiger partial charge is 0.416 e. The second-order valence-corrected chi connectivity index (χ2v) is 4.22. The van der Waals surface area contributed by atoms with Crippen LogP contribution in [0.5, 0.6) is 0 Å². The third-order valence-corrected chi connectivity index (χ3v) is 2.94. The summed E-state index contributed by atoms with van der Waals surface area (Å²) in [5.41, 5.74) is 5.18. The van der Waals surface area contributed by atoms with Crippen molar-refractivity contribution in [3.05, 3.63) is 59.0 Å². The first-order valence-electron chi connectivity index (χ1n) is 5.93. The normalized spacial score (nSPS) is 13.5. The van der Waals surface area contributed by atoms with Crippen LogP contribution in [0.25, 0.3) is 0 Å². The van der Waals surface area contributed by atoms with Gasteiger partial charge in [0.25, 0.3) is 0 Å². The fourth-order valence-electron chi connectivity index (χ4n) is 1.93. The van der Waals surface area contributed by atoms with Crippen molar-refractivity contribution >= 4 is 0 Å². The van der Waals surface area contributed by atoms with Crippen molar-refractivity contribution in [1.82, 2.24) is 0 Å². The van der Waals surface area contributed by atoms with Crippen LogP contribution in [0.15, 0.2) is 40.8 Å². The molecule has 0 saturated heterocycles. The van der Waals surface area contributed by atoms with Crippen molar-refractivity contribution in [3.8, 4) is 0 Å². The van der Waals surface area contributed by atoms with E-state index in [2.05, 4.69) is 0 Å². The first kappa shape index (κ1) is 13.7. The summed E-state index contributed by atoms with van der Waals surface area (Å²) in [5, 5.41) is 0. The minimum atomic E-state index is -4.42. The van der Waals surface area contributed by atoms with Gasteiger partial charge in [0.15, 0.2) is 0 Å². The van der Waals surface area contributed by atoms with E-state index in [1.807, 2.05) is 6.92 Å². The molecular formula is C14H14F3NO. The van der Waals surface area contributed by atoms with Crippen LogP contribution in [0.2, 0.25) is 0 Å². The molecule has 2 aromatic rings. The number of furan rings is 1. The number of benzene rings is 1. The lowest BCUT2D eigenvalue weighted by molar-refractivity contribution is -0.138. The lowest BCUT2D eigenvalue weighted by Crippen LogP contribution is -2.17. The highest BCUT2D eigenvalue weighted by atomic mass is 19.4. The van der Waals surface area contributed by atoms with Crippen molar-refractivity contribution in [3.63, 3.8) is 0 Å². The SMILES string of the molecule is CCc1ccc(C(N)c2ccccc2C(F)(F)F)o1. The molecule has 0 fully saturated rings. The van der Waals surface area contributed by atoms with Gasteiger partial charge in [-0.2, -0.15) is 13.2 Å². The molecule has 0 spiro atoms. The summed E-state index contributed by atoms with van der Waals surface area (Å²) >= 11 is 0. The van der Waals surface area contributed by atoms with Crippen LogP contribution in [-0.2, 0) is 12.6 Å². The maximum atomic E-state index is 12.9. The Labute approximate surface area is 109 Å². The highest BCUT2D eigenvalue weighted by Gasteiger charge is 2.35. The second-order valence-electron chi connectivity index (χ2n) is 4.22. The standard InChI is InChI=1S/C14H14F3NO/c1-2-9-7-8-12(19-9)13(18)10-5-3-4-6-11(10)14(15,16)17/h3-8,13H,2,18H2,1H3. The van der Waals surface area contributed by atoms with Gasteiger partial charge in [-0.25, -0.2) is 0 Å². The Bertz CT molecular complexity index is 560. The zero-order valence-corrected chi connectivity index (χ0v) is 10.4. The van der Waals surface area contributed by atoms with Gasteiger partial charge in [0.05, 0.1) is 11.6 Å². The van der Waals surface area contributed by atoms with Gasteiger partial charge in [0.1, 0.15) is 11.5 Å². The minimum absolute atomic E-state index is 0.0204. The van der Waals surface area contributed by atoms with Crippen molar-refractivity contribution in [2.24, 2.45) is 5.73 Å². The molecule has 0 radical (unpaired) electrons. The monoisotopic (exact) mass is 269 g/mol. The van der Waals surface area contributed by atoms with E-state index >= 15 is 0 Å². The zero-order chi connectivity index (χ0) is 14.0. The first-order valence-corrected chi connectivity index (χ1v) is 5.93. The van der Waals surface area contributed by atoms with Gasteiger partial charge in [-0.3, -0.25) is 0 Å². The number of rotatable bonds is 3. The molecule has 1 aromatic carbocycles. The van der Waals surface area contributed by atoms with Gasteiger partial charge >= 0.3 is 6.18 Å². The van der Waals surface area contributed by atoms with Gasteiger partial charge in [-0.1, -0.05) is 25.1 Å². The Hall–Kier alpha value is -1.75. The summed E-state index contributed by atoms with van der Waals surface area (Å²) in [4.78, 5) is 0. The largest absolute Gasteiger partial charge is 0.464 e. The van der Waals surface area contributed by atoms with Crippen molar-refractivity contribution in [1.29, 1.82) is 0 Å². The van der Waals surface area contributed by atoms with Gasteiger partial charge in [-0.05, 0) is 23.8 Å². The molecule has 102 valence electrons. The van der Waals surface area contributed by atoms with E-state index in [9.17, 15) is 13.2 Å². The number of halogens is 3. The Morgan fingerprint density at radius 2 is 1.84 bits per heavy atom. The molecule has 0 aliphatic carbocycles. The molecule has 0 bridgehead atoms. The van der Waals surface area contributed by atoms with Crippen LogP contribution < -0.4 is 5.73 Å². The number of hydrogen-bond donors (Lipinski definition) is 1. The van der Waals surface area contributed by atoms with Crippen molar-refractivity contribution in [2.45, 2.75) is 25.6 Å². The van der Waals surface area contributed by atoms with E-state index in [-0.39, 0.29) is 5.56 Å². The van der Waals surface area contributed by atoms with Gasteiger partial charge in [-0.15, -0.1) is 0 Å². The average molecular weight is 269 g/mol. The molecule has 0 aliphatic heterocycles. The molecule has 1 heterocycles. The van der Waals surface area contributed by atoms with Crippen LogP contribution in [0.1, 0.15) is 35.6 Å². The predicted octanol–water partition coefficient (Wildman–Crippen LogP) is 3.91. The van der Waals surface area contributed by atoms with Crippen LogP contribution in [0, 0.1) is 0 Å². The molecule has 1 unspecified atom stereocenters. The maximum absolute atomic E-state index is 12.9. The second kappa shape index (κ2) is 5.09. The number of hydrogen-bond acceptors (Lipinski definition) is 2. The maximum Gasteiger partial charge on any atom is 0.416 e. The topological polar surface area (TPSA) is 39.2 Å². The van der Waals surface area contributed by atoms with E-state index in [0.29, 0.717) is 17.9 Å². The van der Waals surface area contributed by atoms with E-state index < -0.39 is 17.8 Å². The van der Waals surface area contributed by atoms with Crippen molar-refractivity contribution in [2.75, 3.05) is 0 Å². The summed E-state index contributed by atoms with van der Waals surface area (Å²) < 4.78 is 44.2. The quantitative estimate of drug-likeness (QED) is 0.917. The van der Waals surface area contributed by atoms with Gasteiger partial charge in [0, 0.05) is 6.42 Å².